The Labute approximate surface area is 175 Å². The van der Waals surface area contributed by atoms with Crippen LogP contribution in [-0.2, 0) is 21.3 Å². The Hall–Kier alpha value is -2.26. The Balaban J connectivity index is 1.39. The zero-order valence-corrected chi connectivity index (χ0v) is 18.0. The Morgan fingerprint density at radius 2 is 1.87 bits per heavy atom. The summed E-state index contributed by atoms with van der Waals surface area (Å²) in [6.45, 7) is 9.81. The number of halogens is 1. The van der Waals surface area contributed by atoms with Crippen LogP contribution in [0.1, 0.15) is 68.2 Å². The second kappa shape index (κ2) is 7.16. The zero-order valence-electron chi connectivity index (χ0n) is 18.0. The molecule has 2 heterocycles. The summed E-state index contributed by atoms with van der Waals surface area (Å²) < 4.78 is 30.4. The molecule has 1 aromatic carbocycles. The van der Waals surface area contributed by atoms with Gasteiger partial charge in [0.2, 0.25) is 0 Å². The Bertz CT molecular complexity index is 955. The molecule has 1 aliphatic carbocycles. The molecule has 2 fully saturated rings. The number of aryl methyl sites for hydroxylation is 1. The number of aromatic nitrogens is 2. The summed E-state index contributed by atoms with van der Waals surface area (Å²) in [6, 6.07) is 5.89. The van der Waals surface area contributed by atoms with Crippen LogP contribution in [0.15, 0.2) is 22.7 Å². The molecule has 7 nitrogen and oxygen atoms in total. The van der Waals surface area contributed by atoms with E-state index in [-0.39, 0.29) is 11.7 Å². The van der Waals surface area contributed by atoms with Gasteiger partial charge in [-0.3, -0.25) is 4.79 Å². The minimum absolute atomic E-state index is 0.142. The number of carbonyl (C=O) groups excluding carboxylic acids is 1. The predicted octanol–water partition coefficient (Wildman–Crippen LogP) is 2.61. The van der Waals surface area contributed by atoms with Gasteiger partial charge in [0.15, 0.2) is 5.82 Å². The summed E-state index contributed by atoms with van der Waals surface area (Å²) in [4.78, 5) is 16.4. The van der Waals surface area contributed by atoms with E-state index in [1.54, 1.807) is 0 Å². The average Bonchev–Trinajstić information content (AvgIpc) is 3.25. The molecule has 0 spiro atoms. The summed E-state index contributed by atoms with van der Waals surface area (Å²) in [7, 11) is -0.431. The van der Waals surface area contributed by atoms with Gasteiger partial charge < -0.3 is 19.1 Å². The molecule has 1 saturated carbocycles. The monoisotopic (exact) mass is 415 g/mol. The van der Waals surface area contributed by atoms with Gasteiger partial charge in [0, 0.05) is 6.54 Å². The topological polar surface area (TPSA) is 86.5 Å². The number of hydrogen-bond acceptors (Lipinski definition) is 6. The van der Waals surface area contributed by atoms with Crippen molar-refractivity contribution in [3.05, 3.63) is 41.0 Å². The molecule has 9 heteroatoms. The van der Waals surface area contributed by atoms with Crippen molar-refractivity contribution in [2.24, 2.45) is 0 Å². The lowest BCUT2D eigenvalue weighted by Crippen LogP contribution is -2.41. The van der Waals surface area contributed by atoms with Crippen molar-refractivity contribution in [3.63, 3.8) is 0 Å². The molecule has 0 bridgehead atoms. The second-order valence-corrected chi connectivity index (χ2v) is 9.29. The summed E-state index contributed by atoms with van der Waals surface area (Å²) in [5.74, 6) is -0.341. The number of nitrogens with zero attached hydrogens (tertiary/aromatic N) is 2. The van der Waals surface area contributed by atoms with Gasteiger partial charge in [-0.1, -0.05) is 23.4 Å². The molecule has 1 aromatic heterocycles. The number of amides is 1. The largest absolute Gasteiger partial charge is 0.494 e. The van der Waals surface area contributed by atoms with Crippen LogP contribution in [0.5, 0.6) is 0 Å². The second-order valence-electron chi connectivity index (χ2n) is 9.29. The van der Waals surface area contributed by atoms with Crippen molar-refractivity contribution < 1.29 is 23.0 Å². The summed E-state index contributed by atoms with van der Waals surface area (Å²) in [5.41, 5.74) is 1.43. The van der Waals surface area contributed by atoms with E-state index in [0.717, 1.165) is 16.6 Å². The zero-order chi connectivity index (χ0) is 21.7. The van der Waals surface area contributed by atoms with E-state index in [1.165, 1.54) is 0 Å². The predicted molar refractivity (Wildman–Crippen MR) is 109 cm³/mol. The number of carbonyl (C=O) groups is 1. The van der Waals surface area contributed by atoms with Crippen molar-refractivity contribution in [1.29, 1.82) is 0 Å². The van der Waals surface area contributed by atoms with Crippen LogP contribution in [-0.4, -0.2) is 41.0 Å². The first-order valence-corrected chi connectivity index (χ1v) is 10.2. The van der Waals surface area contributed by atoms with Gasteiger partial charge in [-0.15, -0.1) is 0 Å². The number of benzene rings is 1. The highest BCUT2D eigenvalue weighted by Gasteiger charge is 2.52. The fourth-order valence-electron chi connectivity index (χ4n) is 3.39. The third-order valence-electron chi connectivity index (χ3n) is 6.54. The molecule has 2 aliphatic rings. The standard InChI is InChI=1S/C21H27BFN3O4/c1-13-10-15(22-29-19(2,3)20(4,5)30-22)7-6-14(13)11-24-16(27)17-25-18(26-28-17)21(12-23)8-9-21/h6-7,10H,8-9,11-12H2,1-5H3,(H,24,27). The third-order valence-corrected chi connectivity index (χ3v) is 6.54. The first-order valence-electron chi connectivity index (χ1n) is 10.2. The molecular formula is C21H27BFN3O4. The van der Waals surface area contributed by atoms with Gasteiger partial charge in [0.1, 0.15) is 6.67 Å². The lowest BCUT2D eigenvalue weighted by molar-refractivity contribution is 0.00578. The van der Waals surface area contributed by atoms with E-state index in [1.807, 2.05) is 52.8 Å². The third kappa shape index (κ3) is 3.65. The average molecular weight is 415 g/mol. The Morgan fingerprint density at radius 3 is 2.43 bits per heavy atom. The van der Waals surface area contributed by atoms with E-state index in [0.29, 0.717) is 19.4 Å². The number of nitrogens with one attached hydrogen (secondary N) is 1. The van der Waals surface area contributed by atoms with Crippen molar-refractivity contribution in [1.82, 2.24) is 15.5 Å². The SMILES string of the molecule is Cc1cc(B2OC(C)(C)C(C)(C)O2)ccc1CNC(=O)c1nc(C2(CF)CC2)no1. The quantitative estimate of drug-likeness (QED) is 0.730. The van der Waals surface area contributed by atoms with Crippen LogP contribution in [0, 0.1) is 6.92 Å². The van der Waals surface area contributed by atoms with Crippen molar-refractivity contribution in [2.75, 3.05) is 6.67 Å². The summed E-state index contributed by atoms with van der Waals surface area (Å²) >= 11 is 0. The van der Waals surface area contributed by atoms with Crippen LogP contribution < -0.4 is 10.8 Å². The minimum atomic E-state index is -0.651. The molecule has 0 unspecified atom stereocenters. The molecule has 4 rings (SSSR count). The Kier molecular flexibility index (Phi) is 5.01. The minimum Gasteiger partial charge on any atom is -0.399 e. The number of alkyl halides is 1. The molecular weight excluding hydrogens is 388 g/mol. The van der Waals surface area contributed by atoms with Gasteiger partial charge in [-0.2, -0.15) is 4.98 Å². The van der Waals surface area contributed by atoms with Crippen LogP contribution in [0.25, 0.3) is 0 Å². The smallest absolute Gasteiger partial charge is 0.399 e. The first kappa shape index (κ1) is 21.0. The van der Waals surface area contributed by atoms with Crippen LogP contribution in [0.4, 0.5) is 4.39 Å². The summed E-state index contributed by atoms with van der Waals surface area (Å²) in [6.07, 6.45) is 1.36. The van der Waals surface area contributed by atoms with Crippen molar-refractivity contribution >= 4 is 18.5 Å². The van der Waals surface area contributed by atoms with E-state index < -0.39 is 36.3 Å². The maximum absolute atomic E-state index is 13.1. The molecule has 1 saturated heterocycles. The molecule has 30 heavy (non-hydrogen) atoms. The van der Waals surface area contributed by atoms with Crippen LogP contribution >= 0.6 is 0 Å². The maximum Gasteiger partial charge on any atom is 0.494 e. The normalized spacial score (nSPS) is 20.9. The fourth-order valence-corrected chi connectivity index (χ4v) is 3.39. The molecule has 1 amide bonds. The fraction of sp³-hybridized carbons (Fsp3) is 0.571. The molecule has 0 atom stereocenters. The van der Waals surface area contributed by atoms with E-state index >= 15 is 0 Å². The highest BCUT2D eigenvalue weighted by Crippen LogP contribution is 2.47. The lowest BCUT2D eigenvalue weighted by atomic mass is 9.78. The van der Waals surface area contributed by atoms with Gasteiger partial charge in [0.05, 0.1) is 16.6 Å². The molecule has 0 radical (unpaired) electrons. The highest BCUT2D eigenvalue weighted by atomic mass is 19.1. The lowest BCUT2D eigenvalue weighted by Gasteiger charge is -2.32. The number of rotatable bonds is 6. The maximum atomic E-state index is 13.1. The molecule has 1 N–H and O–H groups in total. The van der Waals surface area contributed by atoms with E-state index in [2.05, 4.69) is 15.5 Å². The van der Waals surface area contributed by atoms with Gasteiger partial charge in [-0.25, -0.2) is 4.39 Å². The van der Waals surface area contributed by atoms with Crippen LogP contribution in [0.2, 0.25) is 0 Å². The van der Waals surface area contributed by atoms with E-state index in [4.69, 9.17) is 13.8 Å². The number of hydrogen-bond donors (Lipinski definition) is 1. The van der Waals surface area contributed by atoms with Gasteiger partial charge in [-0.05, 0) is 64.1 Å². The first-order chi connectivity index (χ1) is 14.1. The highest BCUT2D eigenvalue weighted by molar-refractivity contribution is 6.62. The van der Waals surface area contributed by atoms with E-state index in [9.17, 15) is 9.18 Å². The van der Waals surface area contributed by atoms with Crippen LogP contribution in [0.3, 0.4) is 0 Å². The van der Waals surface area contributed by atoms with Gasteiger partial charge >= 0.3 is 18.9 Å². The molecule has 160 valence electrons. The summed E-state index contributed by atoms with van der Waals surface area (Å²) in [5, 5.41) is 6.56. The molecule has 2 aromatic rings. The molecule has 1 aliphatic heterocycles. The van der Waals surface area contributed by atoms with Gasteiger partial charge in [0.25, 0.3) is 0 Å². The van der Waals surface area contributed by atoms with Crippen molar-refractivity contribution in [3.8, 4) is 0 Å². The van der Waals surface area contributed by atoms with Crippen molar-refractivity contribution in [2.45, 2.75) is 70.6 Å². The Morgan fingerprint density at radius 1 is 1.20 bits per heavy atom.